The molecule has 0 unspecified atom stereocenters. The number of nitrogens with one attached hydrogen (secondary N) is 1. The Balaban J connectivity index is 1.59. The third-order valence-electron chi connectivity index (χ3n) is 6.73. The number of halogens is 1. The molecule has 3 atom stereocenters. The summed E-state index contributed by atoms with van der Waals surface area (Å²) >= 11 is 0. The van der Waals surface area contributed by atoms with Crippen LogP contribution in [-0.2, 0) is 0 Å². The quantitative estimate of drug-likeness (QED) is 0.457. The Hall–Kier alpha value is -4.24. The Morgan fingerprint density at radius 3 is 2.62 bits per heavy atom. The highest BCUT2D eigenvalue weighted by Gasteiger charge is 2.34. The van der Waals surface area contributed by atoms with Gasteiger partial charge in [-0.05, 0) is 36.2 Å². The molecule has 0 saturated carbocycles. The zero-order valence-electron chi connectivity index (χ0n) is 22.3. The van der Waals surface area contributed by atoms with Crippen LogP contribution in [0.2, 0.25) is 0 Å². The summed E-state index contributed by atoms with van der Waals surface area (Å²) in [5, 5.41) is 12.4. The van der Waals surface area contributed by atoms with E-state index in [-0.39, 0.29) is 42.1 Å². The van der Waals surface area contributed by atoms with Gasteiger partial charge in [-0.15, -0.1) is 0 Å². The second-order valence-electron chi connectivity index (χ2n) is 9.78. The zero-order valence-corrected chi connectivity index (χ0v) is 22.3. The first-order valence-electron chi connectivity index (χ1n) is 12.8. The molecule has 3 aromatic rings. The second-order valence-corrected chi connectivity index (χ2v) is 9.78. The number of carbonyl (C=O) groups is 2. The molecular weight excluding hydrogens is 499 g/mol. The van der Waals surface area contributed by atoms with Gasteiger partial charge in [0, 0.05) is 25.7 Å². The first kappa shape index (κ1) is 27.8. The van der Waals surface area contributed by atoms with Crippen molar-refractivity contribution in [1.82, 2.24) is 14.8 Å². The molecule has 2 aromatic carbocycles. The van der Waals surface area contributed by atoms with Crippen LogP contribution in [0.5, 0.6) is 5.88 Å². The number of aliphatic hydroxyl groups is 1. The Labute approximate surface area is 227 Å². The van der Waals surface area contributed by atoms with Crippen molar-refractivity contribution in [3.05, 3.63) is 89.4 Å². The van der Waals surface area contributed by atoms with Gasteiger partial charge in [-0.1, -0.05) is 61.5 Å². The third-order valence-corrected chi connectivity index (χ3v) is 6.73. The number of hydrogen-bond acceptors (Lipinski definition) is 5. The van der Waals surface area contributed by atoms with Gasteiger partial charge in [0.05, 0.1) is 24.9 Å². The molecule has 0 radical (unpaired) electrons. The number of aliphatic hydroxyl groups excluding tert-OH is 1. The summed E-state index contributed by atoms with van der Waals surface area (Å²) in [6.07, 6.45) is 4.90. The van der Waals surface area contributed by atoms with E-state index in [1.54, 1.807) is 43.3 Å². The van der Waals surface area contributed by atoms with E-state index in [1.165, 1.54) is 17.0 Å². The van der Waals surface area contributed by atoms with Crippen LogP contribution in [0.4, 0.5) is 14.9 Å². The molecule has 0 saturated heterocycles. The first-order chi connectivity index (χ1) is 18.8. The van der Waals surface area contributed by atoms with Gasteiger partial charge < -0.3 is 25.0 Å². The largest absolute Gasteiger partial charge is 0.472 e. The van der Waals surface area contributed by atoms with Gasteiger partial charge in [-0.2, -0.15) is 0 Å². The van der Waals surface area contributed by atoms with Gasteiger partial charge in [-0.3, -0.25) is 4.79 Å². The first-order valence-corrected chi connectivity index (χ1v) is 12.8. The number of nitrogens with zero attached hydrogens (tertiary/aromatic N) is 3. The SMILES string of the molecule is C[C@H](CO)N1C[C@H](C)[C@@H](CN(C)C(=O)Nc2ccccc2F)Oc2ncc(/C=C/c3ccccc3)cc2C1=O. The van der Waals surface area contributed by atoms with Gasteiger partial charge in [0.2, 0.25) is 5.88 Å². The molecule has 0 aliphatic carbocycles. The lowest BCUT2D eigenvalue weighted by Crippen LogP contribution is -2.50. The molecule has 39 heavy (non-hydrogen) atoms. The fraction of sp³-hybridized carbons (Fsp3) is 0.300. The smallest absolute Gasteiger partial charge is 0.321 e. The van der Waals surface area contributed by atoms with Crippen molar-refractivity contribution in [3.63, 3.8) is 0 Å². The van der Waals surface area contributed by atoms with Crippen molar-refractivity contribution in [2.45, 2.75) is 26.0 Å². The molecule has 2 N–H and O–H groups in total. The van der Waals surface area contributed by atoms with Crippen molar-refractivity contribution in [1.29, 1.82) is 0 Å². The van der Waals surface area contributed by atoms with Crippen molar-refractivity contribution < 1.29 is 23.8 Å². The van der Waals surface area contributed by atoms with Gasteiger partial charge in [0.25, 0.3) is 5.91 Å². The molecule has 1 aliphatic rings. The van der Waals surface area contributed by atoms with E-state index in [4.69, 9.17) is 4.74 Å². The second kappa shape index (κ2) is 12.5. The minimum Gasteiger partial charge on any atom is -0.472 e. The summed E-state index contributed by atoms with van der Waals surface area (Å²) in [5.74, 6) is -0.868. The summed E-state index contributed by atoms with van der Waals surface area (Å²) < 4.78 is 20.3. The molecule has 0 fully saturated rings. The topological polar surface area (TPSA) is 95.0 Å². The number of aromatic nitrogens is 1. The lowest BCUT2D eigenvalue weighted by atomic mass is 10.00. The molecule has 2 heterocycles. The van der Waals surface area contributed by atoms with Crippen LogP contribution in [0.25, 0.3) is 12.2 Å². The van der Waals surface area contributed by atoms with E-state index < -0.39 is 24.0 Å². The maximum absolute atomic E-state index is 14.0. The summed E-state index contributed by atoms with van der Waals surface area (Å²) in [7, 11) is 1.59. The molecule has 1 aliphatic heterocycles. The lowest BCUT2D eigenvalue weighted by Gasteiger charge is -2.37. The molecule has 4 rings (SSSR count). The number of para-hydroxylation sites is 1. The van der Waals surface area contributed by atoms with E-state index in [2.05, 4.69) is 10.3 Å². The highest BCUT2D eigenvalue weighted by atomic mass is 19.1. The van der Waals surface area contributed by atoms with E-state index in [9.17, 15) is 19.1 Å². The van der Waals surface area contributed by atoms with Crippen LogP contribution in [0.3, 0.4) is 0 Å². The number of anilines is 1. The molecule has 9 heteroatoms. The van der Waals surface area contributed by atoms with E-state index in [1.807, 2.05) is 49.4 Å². The van der Waals surface area contributed by atoms with Crippen molar-refractivity contribution >= 4 is 29.8 Å². The van der Waals surface area contributed by atoms with E-state index in [0.29, 0.717) is 6.54 Å². The average molecular weight is 533 g/mol. The fourth-order valence-corrected chi connectivity index (χ4v) is 4.31. The zero-order chi connectivity index (χ0) is 27.9. The summed E-state index contributed by atoms with van der Waals surface area (Å²) in [6.45, 7) is 3.96. The standard InChI is InChI=1S/C30H33FN4O4/c1-20-17-35(21(2)19-36)29(37)24-15-23(14-13-22-9-5-4-6-10-22)16-32-28(24)39-27(20)18-34(3)30(38)33-26-12-8-7-11-25(26)31/h4-16,20-21,27,36H,17-19H2,1-3H3,(H,33,38)/b14-13+/t20-,21+,27+/m0/s1. The minimum atomic E-state index is -0.530. The molecule has 204 valence electrons. The lowest BCUT2D eigenvalue weighted by molar-refractivity contribution is 0.0356. The average Bonchev–Trinajstić information content (AvgIpc) is 2.95. The summed E-state index contributed by atoms with van der Waals surface area (Å²) in [6, 6.07) is 16.5. The maximum Gasteiger partial charge on any atom is 0.321 e. The molecule has 0 bridgehead atoms. The number of pyridine rings is 1. The number of likely N-dealkylation sites (N-methyl/N-ethyl adjacent to an activating group) is 1. The van der Waals surface area contributed by atoms with Crippen molar-refractivity contribution in [2.24, 2.45) is 5.92 Å². The van der Waals surface area contributed by atoms with Crippen LogP contribution >= 0.6 is 0 Å². The highest BCUT2D eigenvalue weighted by Crippen LogP contribution is 2.28. The van der Waals surface area contributed by atoms with Gasteiger partial charge in [-0.25, -0.2) is 14.2 Å². The summed E-state index contributed by atoms with van der Waals surface area (Å²) in [4.78, 5) is 33.9. The van der Waals surface area contributed by atoms with Crippen LogP contribution in [-0.4, -0.2) is 70.7 Å². The Kier molecular flexibility index (Phi) is 8.93. The normalized spacial score (nSPS) is 18.1. The van der Waals surface area contributed by atoms with Gasteiger partial charge in [0.15, 0.2) is 0 Å². The number of rotatable bonds is 7. The minimum absolute atomic E-state index is 0.0811. The molecule has 0 spiro atoms. The van der Waals surface area contributed by atoms with Crippen molar-refractivity contribution in [2.75, 3.05) is 32.1 Å². The van der Waals surface area contributed by atoms with Crippen LogP contribution in [0, 0.1) is 11.7 Å². The van der Waals surface area contributed by atoms with E-state index >= 15 is 0 Å². The molecule has 1 aromatic heterocycles. The number of ether oxygens (including phenoxy) is 1. The van der Waals surface area contributed by atoms with Gasteiger partial charge in [0.1, 0.15) is 17.5 Å². The van der Waals surface area contributed by atoms with Crippen LogP contribution < -0.4 is 10.1 Å². The maximum atomic E-state index is 14.0. The Morgan fingerprint density at radius 2 is 1.90 bits per heavy atom. The van der Waals surface area contributed by atoms with Gasteiger partial charge >= 0.3 is 6.03 Å². The Morgan fingerprint density at radius 1 is 1.21 bits per heavy atom. The number of benzene rings is 2. The number of amides is 3. The summed E-state index contributed by atoms with van der Waals surface area (Å²) in [5.41, 5.74) is 2.09. The van der Waals surface area contributed by atoms with E-state index in [0.717, 1.165) is 11.1 Å². The number of fused-ring (bicyclic) bond motifs is 1. The number of carbonyl (C=O) groups excluding carboxylic acids is 2. The van der Waals surface area contributed by atoms with Crippen LogP contribution in [0.1, 0.15) is 35.3 Å². The Bertz CT molecular complexity index is 1330. The predicted octanol–water partition coefficient (Wildman–Crippen LogP) is 4.78. The fourth-order valence-electron chi connectivity index (χ4n) is 4.31. The number of urea groups is 1. The molecular formula is C30H33FN4O4. The monoisotopic (exact) mass is 532 g/mol. The highest BCUT2D eigenvalue weighted by molar-refractivity contribution is 5.97. The van der Waals surface area contributed by atoms with Crippen LogP contribution in [0.15, 0.2) is 66.9 Å². The molecule has 3 amide bonds. The number of hydrogen-bond donors (Lipinski definition) is 2. The molecule has 8 nitrogen and oxygen atoms in total. The van der Waals surface area contributed by atoms with Crippen molar-refractivity contribution in [3.8, 4) is 5.88 Å². The third kappa shape index (κ3) is 6.80. The predicted molar refractivity (Wildman–Crippen MR) is 149 cm³/mol.